The smallest absolute Gasteiger partial charge is 0.255 e. The Hall–Kier alpha value is -3.38. The summed E-state index contributed by atoms with van der Waals surface area (Å²) in [6.07, 6.45) is 7.12. The average molecular weight is 434 g/mol. The number of halogens is 1. The lowest BCUT2D eigenvalue weighted by molar-refractivity contribution is 0.0949. The number of hydrogen-bond donors (Lipinski definition) is 1. The van der Waals surface area contributed by atoms with E-state index in [-0.39, 0.29) is 11.8 Å². The first-order valence-corrected chi connectivity index (χ1v) is 10.5. The summed E-state index contributed by atoms with van der Waals surface area (Å²) in [7, 11) is 0. The van der Waals surface area contributed by atoms with Crippen LogP contribution in [0.3, 0.4) is 0 Å². The van der Waals surface area contributed by atoms with Crippen LogP contribution in [0.5, 0.6) is 0 Å². The van der Waals surface area contributed by atoms with Crippen molar-refractivity contribution in [2.45, 2.75) is 32.9 Å². The minimum atomic E-state index is -0.135. The van der Waals surface area contributed by atoms with Crippen molar-refractivity contribution in [2.75, 3.05) is 0 Å². The van der Waals surface area contributed by atoms with Crippen molar-refractivity contribution in [3.63, 3.8) is 0 Å². The lowest BCUT2D eigenvalue weighted by atomic mass is 10.0. The van der Waals surface area contributed by atoms with Crippen molar-refractivity contribution in [1.29, 1.82) is 0 Å². The fourth-order valence-electron chi connectivity index (χ4n) is 3.58. The van der Waals surface area contributed by atoms with E-state index in [2.05, 4.69) is 41.4 Å². The first kappa shape index (κ1) is 20.9. The monoisotopic (exact) mass is 433 g/mol. The summed E-state index contributed by atoms with van der Waals surface area (Å²) in [6, 6.07) is 15.6. The van der Waals surface area contributed by atoms with Gasteiger partial charge in [-0.1, -0.05) is 49.7 Å². The van der Waals surface area contributed by atoms with Gasteiger partial charge in [0.25, 0.3) is 5.91 Å². The van der Waals surface area contributed by atoms with Gasteiger partial charge in [-0.2, -0.15) is 5.10 Å². The molecule has 31 heavy (non-hydrogen) atoms. The second-order valence-corrected chi connectivity index (χ2v) is 8.16. The van der Waals surface area contributed by atoms with Crippen molar-refractivity contribution in [1.82, 2.24) is 24.6 Å². The Bertz CT molecular complexity index is 1160. The minimum Gasteiger partial charge on any atom is -0.348 e. The predicted octanol–water partition coefficient (Wildman–Crippen LogP) is 4.82. The van der Waals surface area contributed by atoms with E-state index in [1.807, 2.05) is 51.8 Å². The number of imidazole rings is 1. The minimum absolute atomic E-state index is 0.123. The largest absolute Gasteiger partial charge is 0.348 e. The number of benzene rings is 2. The number of carbonyl (C=O) groups excluding carboxylic acids is 1. The topological polar surface area (TPSA) is 64.7 Å². The number of aromatic nitrogens is 4. The van der Waals surface area contributed by atoms with Gasteiger partial charge in [0.2, 0.25) is 0 Å². The van der Waals surface area contributed by atoms with Gasteiger partial charge < -0.3 is 9.88 Å². The van der Waals surface area contributed by atoms with Crippen LogP contribution in [0.2, 0.25) is 5.02 Å². The zero-order valence-corrected chi connectivity index (χ0v) is 18.3. The van der Waals surface area contributed by atoms with E-state index in [1.165, 1.54) is 0 Å². The summed E-state index contributed by atoms with van der Waals surface area (Å²) in [6.45, 7) is 5.30. The van der Waals surface area contributed by atoms with Gasteiger partial charge in [0.1, 0.15) is 0 Å². The molecule has 7 heteroatoms. The molecule has 4 aromatic rings. The Balaban J connectivity index is 1.49. The molecule has 0 aliphatic rings. The first-order valence-electron chi connectivity index (χ1n) is 10.2. The third kappa shape index (κ3) is 4.86. The number of carbonyl (C=O) groups is 1. The molecule has 2 aromatic heterocycles. The maximum atomic E-state index is 13.0. The second kappa shape index (κ2) is 9.18. The Morgan fingerprint density at radius 3 is 2.61 bits per heavy atom. The number of hydrogen-bond acceptors (Lipinski definition) is 3. The molecular formula is C24H24ClN5O. The van der Waals surface area contributed by atoms with Crippen molar-refractivity contribution in [2.24, 2.45) is 0 Å². The number of amides is 1. The summed E-state index contributed by atoms with van der Waals surface area (Å²) in [4.78, 5) is 17.1. The highest BCUT2D eigenvalue weighted by atomic mass is 35.5. The summed E-state index contributed by atoms with van der Waals surface area (Å²) < 4.78 is 3.82. The quantitative estimate of drug-likeness (QED) is 0.454. The standard InChI is InChI=1S/C24H24ClN5O/c1-17(2)23-22(14-28-30(23)21-8-6-20(25)7-9-21)24(31)27-13-18-4-3-5-19(12-18)15-29-11-10-26-16-29/h3-12,14,16-17H,13,15H2,1-2H3,(H,27,31). The van der Waals surface area contributed by atoms with E-state index in [4.69, 9.17) is 11.6 Å². The third-order valence-corrected chi connectivity index (χ3v) is 5.29. The molecule has 0 saturated heterocycles. The van der Waals surface area contributed by atoms with Gasteiger partial charge in [0.05, 0.1) is 29.5 Å². The molecule has 1 amide bonds. The van der Waals surface area contributed by atoms with E-state index >= 15 is 0 Å². The predicted molar refractivity (Wildman–Crippen MR) is 122 cm³/mol. The van der Waals surface area contributed by atoms with Crippen LogP contribution in [0.1, 0.15) is 46.9 Å². The molecule has 0 radical (unpaired) electrons. The number of nitrogens with one attached hydrogen (secondary N) is 1. The number of nitrogens with zero attached hydrogens (tertiary/aromatic N) is 4. The molecule has 0 atom stereocenters. The average Bonchev–Trinajstić information content (AvgIpc) is 3.43. The molecule has 158 valence electrons. The van der Waals surface area contributed by atoms with E-state index < -0.39 is 0 Å². The Kier molecular flexibility index (Phi) is 6.18. The maximum Gasteiger partial charge on any atom is 0.255 e. The number of rotatable bonds is 7. The maximum absolute atomic E-state index is 13.0. The lowest BCUT2D eigenvalue weighted by Crippen LogP contribution is -2.24. The van der Waals surface area contributed by atoms with Crippen molar-refractivity contribution >= 4 is 17.5 Å². The molecule has 0 unspecified atom stereocenters. The third-order valence-electron chi connectivity index (χ3n) is 5.04. The van der Waals surface area contributed by atoms with Crippen LogP contribution in [0.25, 0.3) is 5.69 Å². The molecule has 6 nitrogen and oxygen atoms in total. The van der Waals surface area contributed by atoms with E-state index in [9.17, 15) is 4.79 Å². The van der Waals surface area contributed by atoms with Crippen LogP contribution >= 0.6 is 11.6 Å². The lowest BCUT2D eigenvalue weighted by Gasteiger charge is -2.13. The molecule has 0 aliphatic carbocycles. The Labute approximate surface area is 186 Å². The van der Waals surface area contributed by atoms with E-state index in [1.54, 1.807) is 18.7 Å². The van der Waals surface area contributed by atoms with Gasteiger partial charge in [-0.25, -0.2) is 9.67 Å². The highest BCUT2D eigenvalue weighted by molar-refractivity contribution is 6.30. The molecule has 1 N–H and O–H groups in total. The van der Waals surface area contributed by atoms with E-state index in [0.717, 1.165) is 29.1 Å². The summed E-state index contributed by atoms with van der Waals surface area (Å²) >= 11 is 6.01. The second-order valence-electron chi connectivity index (χ2n) is 7.72. The highest BCUT2D eigenvalue weighted by Crippen LogP contribution is 2.24. The van der Waals surface area contributed by atoms with Crippen LogP contribution in [-0.4, -0.2) is 25.2 Å². The summed E-state index contributed by atoms with van der Waals surface area (Å²) in [5.74, 6) is -0.0126. The van der Waals surface area contributed by atoms with Crippen molar-refractivity contribution in [3.8, 4) is 5.69 Å². The van der Waals surface area contributed by atoms with Crippen LogP contribution in [-0.2, 0) is 13.1 Å². The summed E-state index contributed by atoms with van der Waals surface area (Å²) in [5, 5.41) is 8.17. The zero-order chi connectivity index (χ0) is 21.8. The van der Waals surface area contributed by atoms with Crippen LogP contribution in [0.15, 0.2) is 73.4 Å². The van der Waals surface area contributed by atoms with Crippen molar-refractivity contribution in [3.05, 3.63) is 101 Å². The van der Waals surface area contributed by atoms with Gasteiger partial charge in [-0.15, -0.1) is 0 Å². The van der Waals surface area contributed by atoms with Gasteiger partial charge in [0, 0.05) is 30.5 Å². The fourth-order valence-corrected chi connectivity index (χ4v) is 3.71. The molecular weight excluding hydrogens is 410 g/mol. The molecule has 0 saturated carbocycles. The normalized spacial score (nSPS) is 11.1. The molecule has 4 rings (SSSR count). The molecule has 0 aliphatic heterocycles. The van der Waals surface area contributed by atoms with Crippen molar-refractivity contribution < 1.29 is 4.79 Å². The van der Waals surface area contributed by atoms with Gasteiger partial charge in [-0.05, 0) is 41.3 Å². The van der Waals surface area contributed by atoms with E-state index in [0.29, 0.717) is 17.1 Å². The summed E-state index contributed by atoms with van der Waals surface area (Å²) in [5.41, 5.74) is 4.53. The highest BCUT2D eigenvalue weighted by Gasteiger charge is 2.20. The SMILES string of the molecule is CC(C)c1c(C(=O)NCc2cccc(Cn3ccnc3)c2)cnn1-c1ccc(Cl)cc1. The molecule has 2 heterocycles. The zero-order valence-electron chi connectivity index (χ0n) is 17.5. The van der Waals surface area contributed by atoms with Gasteiger partial charge in [0.15, 0.2) is 0 Å². The molecule has 2 aromatic carbocycles. The first-order chi connectivity index (χ1) is 15.0. The van der Waals surface area contributed by atoms with Crippen LogP contribution in [0.4, 0.5) is 0 Å². The Morgan fingerprint density at radius 2 is 1.90 bits per heavy atom. The van der Waals surface area contributed by atoms with Gasteiger partial charge >= 0.3 is 0 Å². The molecule has 0 fully saturated rings. The van der Waals surface area contributed by atoms with Gasteiger partial charge in [-0.3, -0.25) is 4.79 Å². The molecule has 0 bridgehead atoms. The van der Waals surface area contributed by atoms with Crippen LogP contribution in [0, 0.1) is 0 Å². The molecule has 0 spiro atoms. The Morgan fingerprint density at radius 1 is 1.13 bits per heavy atom. The van der Waals surface area contributed by atoms with Crippen LogP contribution < -0.4 is 5.32 Å². The fraction of sp³-hybridized carbons (Fsp3) is 0.208.